The predicted octanol–water partition coefficient (Wildman–Crippen LogP) is 7.45. The minimum Gasteiger partial charge on any atom is -0.337 e. The van der Waals surface area contributed by atoms with Crippen LogP contribution < -0.4 is 4.98 Å². The molecule has 0 radical (unpaired) electrons. The SMILES string of the molecule is CCCCCCCC/C=C\CCCCCCCCN[Si](C)(C)C. The second kappa shape index (κ2) is 16.8. The fourth-order valence-corrected chi connectivity index (χ4v) is 3.76. The fraction of sp³-hybridized carbons (Fsp3) is 0.905. The molecule has 138 valence electrons. The standard InChI is InChI=1S/C21H45NSi/c1-5-6-7-8-9-10-11-12-13-14-15-16-17-18-19-20-21-22-23(2,3)4/h12-13,22H,5-11,14-21H2,1-4H3/b13-12-. The topological polar surface area (TPSA) is 12.0 Å². The lowest BCUT2D eigenvalue weighted by molar-refractivity contribution is 0.592. The highest BCUT2D eigenvalue weighted by Gasteiger charge is 2.10. The van der Waals surface area contributed by atoms with Gasteiger partial charge in [-0.05, 0) is 38.6 Å². The molecule has 0 aromatic heterocycles. The molecule has 0 aromatic rings. The minimum atomic E-state index is -1.02. The Morgan fingerprint density at radius 1 is 0.609 bits per heavy atom. The van der Waals surface area contributed by atoms with Crippen molar-refractivity contribution in [3.8, 4) is 0 Å². The summed E-state index contributed by atoms with van der Waals surface area (Å²) < 4.78 is 0. The van der Waals surface area contributed by atoms with E-state index in [4.69, 9.17) is 0 Å². The molecular formula is C21H45NSi. The van der Waals surface area contributed by atoms with E-state index in [0.717, 1.165) is 0 Å². The lowest BCUT2D eigenvalue weighted by Gasteiger charge is -2.17. The molecule has 0 spiro atoms. The van der Waals surface area contributed by atoms with Gasteiger partial charge in [0.25, 0.3) is 0 Å². The van der Waals surface area contributed by atoms with Gasteiger partial charge in [-0.1, -0.05) is 96.5 Å². The lowest BCUT2D eigenvalue weighted by Crippen LogP contribution is -2.41. The maximum absolute atomic E-state index is 3.70. The molecule has 0 saturated carbocycles. The van der Waals surface area contributed by atoms with E-state index in [0.29, 0.717) is 0 Å². The molecule has 0 heterocycles. The van der Waals surface area contributed by atoms with E-state index in [1.165, 1.54) is 96.4 Å². The summed E-state index contributed by atoms with van der Waals surface area (Å²) in [5, 5.41) is 0. The van der Waals surface area contributed by atoms with Crippen LogP contribution in [0.25, 0.3) is 0 Å². The van der Waals surface area contributed by atoms with Gasteiger partial charge >= 0.3 is 0 Å². The van der Waals surface area contributed by atoms with Gasteiger partial charge in [-0.3, -0.25) is 0 Å². The molecular weight excluding hydrogens is 294 g/mol. The Balaban J connectivity index is 3.11. The molecule has 0 aliphatic rings. The summed E-state index contributed by atoms with van der Waals surface area (Å²) in [6.07, 6.45) is 24.4. The van der Waals surface area contributed by atoms with Gasteiger partial charge in [-0.25, -0.2) is 0 Å². The van der Waals surface area contributed by atoms with Crippen LogP contribution in [-0.4, -0.2) is 14.8 Å². The summed E-state index contributed by atoms with van der Waals surface area (Å²) in [5.74, 6) is 0. The van der Waals surface area contributed by atoms with E-state index in [1.807, 2.05) is 0 Å². The Hall–Kier alpha value is -0.0831. The second-order valence-corrected chi connectivity index (χ2v) is 13.0. The van der Waals surface area contributed by atoms with Crippen molar-refractivity contribution in [2.45, 2.75) is 116 Å². The van der Waals surface area contributed by atoms with Crippen molar-refractivity contribution in [3.05, 3.63) is 12.2 Å². The first kappa shape index (κ1) is 22.9. The average molecular weight is 340 g/mol. The van der Waals surface area contributed by atoms with Crippen molar-refractivity contribution in [3.63, 3.8) is 0 Å². The zero-order valence-corrected chi connectivity index (χ0v) is 17.8. The average Bonchev–Trinajstić information content (AvgIpc) is 2.49. The molecule has 0 unspecified atom stereocenters. The Morgan fingerprint density at radius 2 is 1.04 bits per heavy atom. The van der Waals surface area contributed by atoms with Crippen LogP contribution in [0.15, 0.2) is 12.2 Å². The molecule has 0 aliphatic carbocycles. The first-order valence-electron chi connectivity index (χ1n) is 10.5. The van der Waals surface area contributed by atoms with Crippen molar-refractivity contribution < 1.29 is 0 Å². The summed E-state index contributed by atoms with van der Waals surface area (Å²) in [6, 6.07) is 0. The largest absolute Gasteiger partial charge is 0.337 e. The van der Waals surface area contributed by atoms with E-state index in [2.05, 4.69) is 43.7 Å². The van der Waals surface area contributed by atoms with Crippen LogP contribution >= 0.6 is 0 Å². The Morgan fingerprint density at radius 3 is 1.52 bits per heavy atom. The molecule has 0 rings (SSSR count). The highest BCUT2D eigenvalue weighted by atomic mass is 28.3. The molecule has 2 heteroatoms. The number of allylic oxidation sites excluding steroid dienone is 2. The molecule has 0 fully saturated rings. The minimum absolute atomic E-state index is 1.02. The van der Waals surface area contributed by atoms with Gasteiger partial charge in [0.05, 0.1) is 0 Å². The molecule has 0 bridgehead atoms. The summed E-state index contributed by atoms with van der Waals surface area (Å²) in [5.41, 5.74) is 0. The van der Waals surface area contributed by atoms with Crippen LogP contribution in [-0.2, 0) is 0 Å². The quantitative estimate of drug-likeness (QED) is 0.165. The van der Waals surface area contributed by atoms with Crippen molar-refractivity contribution in [2.24, 2.45) is 0 Å². The zero-order chi connectivity index (χ0) is 17.2. The first-order chi connectivity index (χ1) is 11.1. The number of nitrogens with one attached hydrogen (secondary N) is 1. The highest BCUT2D eigenvalue weighted by molar-refractivity contribution is 6.73. The molecule has 1 N–H and O–H groups in total. The van der Waals surface area contributed by atoms with Gasteiger partial charge in [0, 0.05) is 0 Å². The maximum atomic E-state index is 3.70. The van der Waals surface area contributed by atoms with E-state index in [-0.39, 0.29) is 0 Å². The van der Waals surface area contributed by atoms with Gasteiger partial charge < -0.3 is 4.98 Å². The molecule has 0 atom stereocenters. The van der Waals surface area contributed by atoms with Crippen LogP contribution in [0.4, 0.5) is 0 Å². The first-order valence-corrected chi connectivity index (χ1v) is 14.0. The van der Waals surface area contributed by atoms with Crippen LogP contribution in [0.2, 0.25) is 19.6 Å². The molecule has 0 aromatic carbocycles. The fourth-order valence-electron chi connectivity index (χ4n) is 2.84. The molecule has 0 amide bonds. The number of rotatable bonds is 17. The van der Waals surface area contributed by atoms with E-state index >= 15 is 0 Å². The van der Waals surface area contributed by atoms with Gasteiger partial charge in [-0.2, -0.15) is 0 Å². The van der Waals surface area contributed by atoms with Gasteiger partial charge in [0.2, 0.25) is 0 Å². The third-order valence-electron chi connectivity index (χ3n) is 4.34. The van der Waals surface area contributed by atoms with Crippen molar-refractivity contribution in [1.82, 2.24) is 4.98 Å². The normalized spacial score (nSPS) is 12.3. The Bertz CT molecular complexity index is 255. The zero-order valence-electron chi connectivity index (χ0n) is 16.8. The highest BCUT2D eigenvalue weighted by Crippen LogP contribution is 2.10. The lowest BCUT2D eigenvalue weighted by atomic mass is 10.1. The maximum Gasteiger partial charge on any atom is 0.116 e. The molecule has 0 aliphatic heterocycles. The van der Waals surface area contributed by atoms with E-state index < -0.39 is 8.24 Å². The van der Waals surface area contributed by atoms with Gasteiger partial charge in [0.15, 0.2) is 0 Å². The van der Waals surface area contributed by atoms with Gasteiger partial charge in [0.1, 0.15) is 8.24 Å². The monoisotopic (exact) mass is 339 g/mol. The third kappa shape index (κ3) is 21.9. The van der Waals surface area contributed by atoms with Crippen LogP contribution in [0, 0.1) is 0 Å². The van der Waals surface area contributed by atoms with Crippen molar-refractivity contribution >= 4 is 8.24 Å². The van der Waals surface area contributed by atoms with Crippen molar-refractivity contribution in [2.75, 3.05) is 6.54 Å². The summed E-state index contributed by atoms with van der Waals surface area (Å²) in [7, 11) is -1.02. The summed E-state index contributed by atoms with van der Waals surface area (Å²) >= 11 is 0. The second-order valence-electron chi connectivity index (χ2n) is 8.11. The molecule has 0 saturated heterocycles. The smallest absolute Gasteiger partial charge is 0.116 e. The molecule has 1 nitrogen and oxygen atoms in total. The number of unbranched alkanes of at least 4 members (excludes halogenated alkanes) is 12. The van der Waals surface area contributed by atoms with E-state index in [9.17, 15) is 0 Å². The summed E-state index contributed by atoms with van der Waals surface area (Å²) in [6.45, 7) is 10.7. The van der Waals surface area contributed by atoms with Crippen LogP contribution in [0.1, 0.15) is 96.8 Å². The molecule has 23 heavy (non-hydrogen) atoms. The van der Waals surface area contributed by atoms with Crippen LogP contribution in [0.5, 0.6) is 0 Å². The third-order valence-corrected chi connectivity index (χ3v) is 5.65. The Kier molecular flexibility index (Phi) is 16.7. The van der Waals surface area contributed by atoms with Crippen molar-refractivity contribution in [1.29, 1.82) is 0 Å². The van der Waals surface area contributed by atoms with Gasteiger partial charge in [-0.15, -0.1) is 0 Å². The predicted molar refractivity (Wildman–Crippen MR) is 111 cm³/mol. The number of hydrogen-bond acceptors (Lipinski definition) is 1. The number of hydrogen-bond donors (Lipinski definition) is 1. The van der Waals surface area contributed by atoms with Crippen LogP contribution in [0.3, 0.4) is 0 Å². The van der Waals surface area contributed by atoms with E-state index in [1.54, 1.807) is 0 Å². The Labute approximate surface area is 148 Å². The summed E-state index contributed by atoms with van der Waals surface area (Å²) in [4.78, 5) is 3.70.